The number of hydrogen-bond acceptors (Lipinski definition) is 2. The Hall–Kier alpha value is -0.0800. The summed E-state index contributed by atoms with van der Waals surface area (Å²) in [6.45, 7) is 2.05. The first-order valence-electron chi connectivity index (χ1n) is 5.43. The predicted molar refractivity (Wildman–Crippen MR) is 53.7 cm³/mol. The van der Waals surface area contributed by atoms with Crippen molar-refractivity contribution in [3.63, 3.8) is 0 Å². The maximum absolute atomic E-state index is 9.61. The molecule has 2 heteroatoms. The predicted octanol–water partition coefficient (Wildman–Crippen LogP) is 2.35. The van der Waals surface area contributed by atoms with Crippen LogP contribution in [0.3, 0.4) is 0 Å². The number of rotatable bonds is 7. The third-order valence-corrected chi connectivity index (χ3v) is 2.91. The van der Waals surface area contributed by atoms with Gasteiger partial charge in [-0.1, -0.05) is 12.8 Å². The molecule has 2 atom stereocenters. The van der Waals surface area contributed by atoms with Gasteiger partial charge in [0, 0.05) is 7.11 Å². The van der Waals surface area contributed by atoms with E-state index in [1.165, 1.54) is 19.3 Å². The Kier molecular flexibility index (Phi) is 4.74. The van der Waals surface area contributed by atoms with E-state index in [0.29, 0.717) is 0 Å². The smallest absolute Gasteiger partial charge is 0.0544 e. The molecule has 78 valence electrons. The molecule has 2 nitrogen and oxygen atoms in total. The summed E-state index contributed by atoms with van der Waals surface area (Å²) in [4.78, 5) is 0. The van der Waals surface area contributed by atoms with Crippen molar-refractivity contribution in [1.29, 1.82) is 0 Å². The zero-order chi connectivity index (χ0) is 9.68. The van der Waals surface area contributed by atoms with E-state index in [1.54, 1.807) is 7.11 Å². The fourth-order valence-corrected chi connectivity index (χ4v) is 1.52. The van der Waals surface area contributed by atoms with Crippen LogP contribution >= 0.6 is 0 Å². The van der Waals surface area contributed by atoms with Crippen molar-refractivity contribution in [2.75, 3.05) is 7.11 Å². The highest BCUT2D eigenvalue weighted by atomic mass is 16.5. The molecule has 0 bridgehead atoms. The van der Waals surface area contributed by atoms with Gasteiger partial charge in [0.2, 0.25) is 0 Å². The summed E-state index contributed by atoms with van der Waals surface area (Å²) in [6, 6.07) is 0. The maximum Gasteiger partial charge on any atom is 0.0544 e. The standard InChI is InChI=1S/C11H22O2/c1-9(13-2)3-7-11(12)8-6-10-4-5-10/h9-12H,3-8H2,1-2H3. The molecule has 0 aromatic carbocycles. The summed E-state index contributed by atoms with van der Waals surface area (Å²) in [5.74, 6) is 0.939. The molecular formula is C11H22O2. The normalized spacial score (nSPS) is 21.5. The van der Waals surface area contributed by atoms with E-state index in [4.69, 9.17) is 4.74 Å². The molecule has 0 aliphatic heterocycles. The molecular weight excluding hydrogens is 164 g/mol. The molecule has 1 aliphatic rings. The largest absolute Gasteiger partial charge is 0.393 e. The van der Waals surface area contributed by atoms with E-state index in [9.17, 15) is 5.11 Å². The van der Waals surface area contributed by atoms with Gasteiger partial charge in [-0.05, 0) is 38.5 Å². The first-order chi connectivity index (χ1) is 6.22. The second-order valence-electron chi connectivity index (χ2n) is 4.30. The molecule has 0 aromatic rings. The molecule has 0 radical (unpaired) electrons. The van der Waals surface area contributed by atoms with Crippen molar-refractivity contribution in [2.24, 2.45) is 5.92 Å². The van der Waals surface area contributed by atoms with E-state index in [0.717, 1.165) is 25.2 Å². The van der Waals surface area contributed by atoms with E-state index < -0.39 is 0 Å². The Bertz CT molecular complexity index is 132. The van der Waals surface area contributed by atoms with Crippen LogP contribution in [0.1, 0.15) is 45.4 Å². The van der Waals surface area contributed by atoms with Crippen molar-refractivity contribution in [2.45, 2.75) is 57.7 Å². The molecule has 1 fully saturated rings. The van der Waals surface area contributed by atoms with E-state index >= 15 is 0 Å². The van der Waals surface area contributed by atoms with Gasteiger partial charge < -0.3 is 9.84 Å². The number of methoxy groups -OCH3 is 1. The summed E-state index contributed by atoms with van der Waals surface area (Å²) in [5, 5.41) is 9.61. The average Bonchev–Trinajstić information content (AvgIpc) is 2.94. The first kappa shape index (κ1) is 11.0. The Labute approximate surface area is 81.3 Å². The molecule has 0 saturated heterocycles. The van der Waals surface area contributed by atoms with Crippen molar-refractivity contribution in [3.05, 3.63) is 0 Å². The Balaban J connectivity index is 1.92. The van der Waals surface area contributed by atoms with Crippen LogP contribution < -0.4 is 0 Å². The number of aliphatic hydroxyl groups is 1. The SMILES string of the molecule is COC(C)CCC(O)CCC1CC1. The first-order valence-corrected chi connectivity index (χ1v) is 5.43. The van der Waals surface area contributed by atoms with E-state index in [-0.39, 0.29) is 12.2 Å². The van der Waals surface area contributed by atoms with E-state index in [2.05, 4.69) is 0 Å². The van der Waals surface area contributed by atoms with Gasteiger partial charge in [0.05, 0.1) is 12.2 Å². The third-order valence-electron chi connectivity index (χ3n) is 2.91. The van der Waals surface area contributed by atoms with Gasteiger partial charge in [-0.3, -0.25) is 0 Å². The summed E-state index contributed by atoms with van der Waals surface area (Å²) in [5.41, 5.74) is 0. The molecule has 13 heavy (non-hydrogen) atoms. The Morgan fingerprint density at radius 1 is 1.31 bits per heavy atom. The second kappa shape index (κ2) is 5.61. The zero-order valence-corrected chi connectivity index (χ0v) is 8.83. The fourth-order valence-electron chi connectivity index (χ4n) is 1.52. The molecule has 0 aromatic heterocycles. The lowest BCUT2D eigenvalue weighted by atomic mass is 10.0. The minimum Gasteiger partial charge on any atom is -0.393 e. The Morgan fingerprint density at radius 3 is 2.54 bits per heavy atom. The van der Waals surface area contributed by atoms with E-state index in [1.807, 2.05) is 6.92 Å². The van der Waals surface area contributed by atoms with Gasteiger partial charge in [0.25, 0.3) is 0 Å². The summed E-state index contributed by atoms with van der Waals surface area (Å²) in [6.07, 6.45) is 7.05. The highest BCUT2D eigenvalue weighted by molar-refractivity contribution is 4.74. The molecule has 0 spiro atoms. The molecule has 1 N–H and O–H groups in total. The van der Waals surface area contributed by atoms with Crippen LogP contribution in [0.2, 0.25) is 0 Å². The highest BCUT2D eigenvalue weighted by Gasteiger charge is 2.21. The van der Waals surface area contributed by atoms with Gasteiger partial charge in [0.1, 0.15) is 0 Å². The number of ether oxygens (including phenoxy) is 1. The molecule has 0 amide bonds. The third kappa shape index (κ3) is 5.27. The van der Waals surface area contributed by atoms with Crippen LogP contribution in [-0.2, 0) is 4.74 Å². The minimum absolute atomic E-state index is 0.0989. The van der Waals surface area contributed by atoms with Crippen molar-refractivity contribution < 1.29 is 9.84 Å². The quantitative estimate of drug-likeness (QED) is 0.661. The average molecular weight is 186 g/mol. The van der Waals surface area contributed by atoms with Gasteiger partial charge >= 0.3 is 0 Å². The van der Waals surface area contributed by atoms with Crippen LogP contribution in [0.4, 0.5) is 0 Å². The molecule has 0 heterocycles. The monoisotopic (exact) mass is 186 g/mol. The van der Waals surface area contributed by atoms with Crippen LogP contribution in [0.25, 0.3) is 0 Å². The summed E-state index contributed by atoms with van der Waals surface area (Å²) < 4.78 is 5.13. The summed E-state index contributed by atoms with van der Waals surface area (Å²) in [7, 11) is 1.72. The van der Waals surface area contributed by atoms with Crippen LogP contribution in [0.5, 0.6) is 0 Å². The number of hydrogen-bond donors (Lipinski definition) is 1. The van der Waals surface area contributed by atoms with Gasteiger partial charge in [-0.2, -0.15) is 0 Å². The molecule has 1 aliphatic carbocycles. The van der Waals surface area contributed by atoms with Crippen molar-refractivity contribution in [1.82, 2.24) is 0 Å². The van der Waals surface area contributed by atoms with Gasteiger partial charge in [0.15, 0.2) is 0 Å². The lowest BCUT2D eigenvalue weighted by molar-refractivity contribution is 0.0814. The van der Waals surface area contributed by atoms with Crippen LogP contribution in [0.15, 0.2) is 0 Å². The second-order valence-corrected chi connectivity index (χ2v) is 4.30. The highest BCUT2D eigenvalue weighted by Crippen LogP contribution is 2.34. The van der Waals surface area contributed by atoms with Crippen LogP contribution in [-0.4, -0.2) is 24.4 Å². The maximum atomic E-state index is 9.61. The van der Waals surface area contributed by atoms with Crippen LogP contribution in [0, 0.1) is 5.92 Å². The van der Waals surface area contributed by atoms with Crippen molar-refractivity contribution >= 4 is 0 Å². The Morgan fingerprint density at radius 2 is 2.00 bits per heavy atom. The molecule has 2 unspecified atom stereocenters. The number of aliphatic hydroxyl groups excluding tert-OH is 1. The van der Waals surface area contributed by atoms with Gasteiger partial charge in [-0.15, -0.1) is 0 Å². The topological polar surface area (TPSA) is 29.5 Å². The van der Waals surface area contributed by atoms with Gasteiger partial charge in [-0.25, -0.2) is 0 Å². The zero-order valence-electron chi connectivity index (χ0n) is 8.83. The lowest BCUT2D eigenvalue weighted by Gasteiger charge is -2.13. The van der Waals surface area contributed by atoms with Crippen molar-refractivity contribution in [3.8, 4) is 0 Å². The minimum atomic E-state index is -0.0989. The molecule has 1 rings (SSSR count). The lowest BCUT2D eigenvalue weighted by Crippen LogP contribution is -2.12. The molecule has 1 saturated carbocycles. The summed E-state index contributed by atoms with van der Waals surface area (Å²) >= 11 is 0. The fraction of sp³-hybridized carbons (Fsp3) is 1.00.